The molecule has 2 atom stereocenters. The highest BCUT2D eigenvalue weighted by Crippen LogP contribution is 2.30. The molecule has 0 bridgehead atoms. The van der Waals surface area contributed by atoms with Crippen LogP contribution < -0.4 is 0 Å². The van der Waals surface area contributed by atoms with Crippen molar-refractivity contribution >= 4 is 29.3 Å². The number of carboxylic acid groups (broad SMARTS) is 1. The molecule has 1 rings (SSSR count). The number of hydrogen-bond acceptors (Lipinski definition) is 4. The molecule has 0 aliphatic rings. The Kier molecular flexibility index (Phi) is 5.05. The SMILES string of the molecule is C[C@@H](O)C[C@H](Sc1ncccc1Cl)C(=O)O. The van der Waals surface area contributed by atoms with Gasteiger partial charge in [0.15, 0.2) is 0 Å². The summed E-state index contributed by atoms with van der Waals surface area (Å²) in [4.78, 5) is 14.9. The van der Waals surface area contributed by atoms with E-state index >= 15 is 0 Å². The lowest BCUT2D eigenvalue weighted by atomic mass is 10.2. The first-order valence-electron chi connectivity index (χ1n) is 4.68. The maximum atomic E-state index is 10.9. The Morgan fingerprint density at radius 3 is 2.88 bits per heavy atom. The van der Waals surface area contributed by atoms with Gasteiger partial charge in [-0.05, 0) is 25.5 Å². The molecule has 0 saturated heterocycles. The number of rotatable bonds is 5. The summed E-state index contributed by atoms with van der Waals surface area (Å²) in [6.07, 6.45) is 1.04. The van der Waals surface area contributed by atoms with Crippen molar-refractivity contribution in [2.45, 2.75) is 29.7 Å². The van der Waals surface area contributed by atoms with E-state index in [1.54, 1.807) is 25.3 Å². The van der Waals surface area contributed by atoms with E-state index in [-0.39, 0.29) is 6.42 Å². The lowest BCUT2D eigenvalue weighted by Crippen LogP contribution is -2.21. The standard InChI is InChI=1S/C10H12ClNO3S/c1-6(13)5-8(10(14)15)16-9-7(11)3-2-4-12-9/h2-4,6,8,13H,5H2,1H3,(H,14,15)/t6-,8+/m1/s1. The molecule has 0 aliphatic heterocycles. The van der Waals surface area contributed by atoms with Gasteiger partial charge in [-0.3, -0.25) is 4.79 Å². The van der Waals surface area contributed by atoms with Crippen molar-refractivity contribution in [3.8, 4) is 0 Å². The highest BCUT2D eigenvalue weighted by atomic mass is 35.5. The van der Waals surface area contributed by atoms with Crippen molar-refractivity contribution in [1.29, 1.82) is 0 Å². The Morgan fingerprint density at radius 2 is 2.38 bits per heavy atom. The van der Waals surface area contributed by atoms with Gasteiger partial charge >= 0.3 is 5.97 Å². The van der Waals surface area contributed by atoms with Crippen LogP contribution in [0.3, 0.4) is 0 Å². The highest BCUT2D eigenvalue weighted by Gasteiger charge is 2.22. The van der Waals surface area contributed by atoms with E-state index in [1.165, 1.54) is 0 Å². The van der Waals surface area contributed by atoms with Gasteiger partial charge in [-0.2, -0.15) is 0 Å². The second-order valence-corrected chi connectivity index (χ2v) is 4.92. The van der Waals surface area contributed by atoms with E-state index in [4.69, 9.17) is 16.7 Å². The molecule has 0 aromatic carbocycles. The van der Waals surface area contributed by atoms with E-state index in [2.05, 4.69) is 4.98 Å². The summed E-state index contributed by atoms with van der Waals surface area (Å²) in [6.45, 7) is 1.55. The molecule has 2 N–H and O–H groups in total. The first-order chi connectivity index (χ1) is 7.50. The number of aliphatic hydroxyl groups is 1. The summed E-state index contributed by atoms with van der Waals surface area (Å²) < 4.78 is 0. The van der Waals surface area contributed by atoms with Crippen LogP contribution in [0.2, 0.25) is 5.02 Å². The number of halogens is 1. The topological polar surface area (TPSA) is 70.4 Å². The Morgan fingerprint density at radius 1 is 1.69 bits per heavy atom. The summed E-state index contributed by atoms with van der Waals surface area (Å²) in [5, 5.41) is 18.3. The number of aliphatic carboxylic acids is 1. The Labute approximate surface area is 103 Å². The van der Waals surface area contributed by atoms with Crippen molar-refractivity contribution in [2.24, 2.45) is 0 Å². The van der Waals surface area contributed by atoms with Crippen molar-refractivity contribution in [1.82, 2.24) is 4.98 Å². The molecule has 6 heteroatoms. The van der Waals surface area contributed by atoms with Gasteiger partial charge < -0.3 is 10.2 Å². The van der Waals surface area contributed by atoms with Gasteiger partial charge in [-0.25, -0.2) is 4.98 Å². The van der Waals surface area contributed by atoms with E-state index in [0.717, 1.165) is 11.8 Å². The zero-order valence-corrected chi connectivity index (χ0v) is 10.2. The van der Waals surface area contributed by atoms with Crippen LogP contribution in [0.1, 0.15) is 13.3 Å². The smallest absolute Gasteiger partial charge is 0.317 e. The predicted molar refractivity (Wildman–Crippen MR) is 62.8 cm³/mol. The summed E-state index contributed by atoms with van der Waals surface area (Å²) in [5.41, 5.74) is 0. The lowest BCUT2D eigenvalue weighted by molar-refractivity contribution is -0.136. The van der Waals surface area contributed by atoms with Gasteiger partial charge in [0.25, 0.3) is 0 Å². The normalized spacial score (nSPS) is 14.4. The van der Waals surface area contributed by atoms with Crippen molar-refractivity contribution in [3.05, 3.63) is 23.4 Å². The molecule has 0 radical (unpaired) electrons. The number of pyridine rings is 1. The molecule has 0 spiro atoms. The third-order valence-electron chi connectivity index (χ3n) is 1.81. The van der Waals surface area contributed by atoms with Crippen LogP contribution in [-0.2, 0) is 4.79 Å². The second-order valence-electron chi connectivity index (χ2n) is 3.32. The van der Waals surface area contributed by atoms with E-state index in [0.29, 0.717) is 10.0 Å². The number of thioether (sulfide) groups is 1. The van der Waals surface area contributed by atoms with E-state index < -0.39 is 17.3 Å². The molecular weight excluding hydrogens is 250 g/mol. The molecule has 88 valence electrons. The predicted octanol–water partition coefficient (Wildman–Crippen LogP) is 2.05. The van der Waals surface area contributed by atoms with Crippen LogP contribution in [0.4, 0.5) is 0 Å². The maximum Gasteiger partial charge on any atom is 0.317 e. The maximum absolute atomic E-state index is 10.9. The first-order valence-corrected chi connectivity index (χ1v) is 5.94. The molecule has 16 heavy (non-hydrogen) atoms. The van der Waals surface area contributed by atoms with E-state index in [1.807, 2.05) is 0 Å². The molecular formula is C10H12ClNO3S. The average Bonchev–Trinajstić information content (AvgIpc) is 2.19. The molecule has 1 heterocycles. The zero-order valence-electron chi connectivity index (χ0n) is 8.63. The van der Waals surface area contributed by atoms with Gasteiger partial charge in [-0.1, -0.05) is 23.4 Å². The molecule has 0 fully saturated rings. The number of hydrogen-bond donors (Lipinski definition) is 2. The highest BCUT2D eigenvalue weighted by molar-refractivity contribution is 8.00. The minimum Gasteiger partial charge on any atom is -0.480 e. The van der Waals surface area contributed by atoms with E-state index in [9.17, 15) is 9.90 Å². The fourth-order valence-corrected chi connectivity index (χ4v) is 2.40. The summed E-state index contributed by atoms with van der Waals surface area (Å²) in [6, 6.07) is 3.33. The fourth-order valence-electron chi connectivity index (χ4n) is 1.10. The van der Waals surface area contributed by atoms with Crippen LogP contribution >= 0.6 is 23.4 Å². The van der Waals surface area contributed by atoms with Gasteiger partial charge in [0.2, 0.25) is 0 Å². The Bertz CT molecular complexity index is 373. The number of carboxylic acids is 1. The number of nitrogens with zero attached hydrogens (tertiary/aromatic N) is 1. The van der Waals surface area contributed by atoms with Crippen molar-refractivity contribution < 1.29 is 15.0 Å². The second kappa shape index (κ2) is 6.08. The largest absolute Gasteiger partial charge is 0.480 e. The summed E-state index contributed by atoms with van der Waals surface area (Å²) in [7, 11) is 0. The summed E-state index contributed by atoms with van der Waals surface area (Å²) in [5.74, 6) is -0.979. The van der Waals surface area contributed by atoms with Gasteiger partial charge in [0.1, 0.15) is 10.3 Å². The molecule has 0 unspecified atom stereocenters. The number of carbonyl (C=O) groups is 1. The minimum atomic E-state index is -0.979. The fraction of sp³-hybridized carbons (Fsp3) is 0.400. The number of aliphatic hydroxyl groups excluding tert-OH is 1. The molecule has 4 nitrogen and oxygen atoms in total. The third kappa shape index (κ3) is 4.00. The molecule has 0 aliphatic carbocycles. The van der Waals surface area contributed by atoms with Crippen molar-refractivity contribution in [3.63, 3.8) is 0 Å². The molecule has 0 saturated carbocycles. The zero-order chi connectivity index (χ0) is 12.1. The third-order valence-corrected chi connectivity index (χ3v) is 3.45. The van der Waals surface area contributed by atoms with Gasteiger partial charge in [0, 0.05) is 6.20 Å². The quantitative estimate of drug-likeness (QED) is 0.794. The average molecular weight is 262 g/mol. The lowest BCUT2D eigenvalue weighted by Gasteiger charge is -2.13. The molecule has 1 aromatic heterocycles. The van der Waals surface area contributed by atoms with Crippen LogP contribution in [0.25, 0.3) is 0 Å². The number of aromatic nitrogens is 1. The molecule has 1 aromatic rings. The van der Waals surface area contributed by atoms with Crippen molar-refractivity contribution in [2.75, 3.05) is 0 Å². The van der Waals surface area contributed by atoms with Crippen LogP contribution in [0, 0.1) is 0 Å². The van der Waals surface area contributed by atoms with Crippen LogP contribution in [0.5, 0.6) is 0 Å². The summed E-state index contributed by atoms with van der Waals surface area (Å²) >= 11 is 6.92. The van der Waals surface area contributed by atoms with Crippen LogP contribution in [-0.4, -0.2) is 32.5 Å². The first kappa shape index (κ1) is 13.3. The van der Waals surface area contributed by atoms with Gasteiger partial charge in [0.05, 0.1) is 11.1 Å². The minimum absolute atomic E-state index is 0.160. The molecule has 0 amide bonds. The van der Waals surface area contributed by atoms with Crippen LogP contribution in [0.15, 0.2) is 23.4 Å². The monoisotopic (exact) mass is 261 g/mol. The Hall–Kier alpha value is -0.780. The Balaban J connectivity index is 2.76. The van der Waals surface area contributed by atoms with Gasteiger partial charge in [-0.15, -0.1) is 0 Å².